The number of nitrogens with zero attached hydrogens (tertiary/aromatic N) is 3. The number of likely N-dealkylation sites (tertiary alicyclic amines) is 1. The van der Waals surface area contributed by atoms with E-state index in [4.69, 9.17) is 0 Å². The summed E-state index contributed by atoms with van der Waals surface area (Å²) in [6, 6.07) is 7.54. The maximum Gasteiger partial charge on any atom is 0.286 e. The smallest absolute Gasteiger partial charge is 0.286 e. The summed E-state index contributed by atoms with van der Waals surface area (Å²) in [5.41, 5.74) is 1.10. The Morgan fingerprint density at radius 1 is 1.24 bits per heavy atom. The first-order valence-electron chi connectivity index (χ1n) is 10.3. The van der Waals surface area contributed by atoms with Crippen LogP contribution < -0.4 is 10.6 Å². The van der Waals surface area contributed by atoms with Crippen LogP contribution >= 0.6 is 11.3 Å². The number of carbonyl (C=O) groups is 2. The van der Waals surface area contributed by atoms with Crippen molar-refractivity contribution in [2.24, 2.45) is 0 Å². The zero-order valence-electron chi connectivity index (χ0n) is 17.1. The third kappa shape index (κ3) is 6.08. The summed E-state index contributed by atoms with van der Waals surface area (Å²) in [6.07, 6.45) is 5.53. The van der Waals surface area contributed by atoms with E-state index in [1.54, 1.807) is 24.3 Å². The van der Waals surface area contributed by atoms with Crippen molar-refractivity contribution < 1.29 is 9.59 Å². The lowest BCUT2D eigenvalue weighted by molar-refractivity contribution is 0.0937. The quantitative estimate of drug-likeness (QED) is 0.690. The van der Waals surface area contributed by atoms with Crippen LogP contribution in [0.25, 0.3) is 0 Å². The molecule has 2 aromatic rings. The van der Waals surface area contributed by atoms with Crippen LogP contribution in [-0.2, 0) is 6.42 Å². The summed E-state index contributed by atoms with van der Waals surface area (Å²) < 4.78 is 0. The fourth-order valence-electron chi connectivity index (χ4n) is 3.49. The average Bonchev–Trinajstić information content (AvgIpc) is 3.19. The van der Waals surface area contributed by atoms with Gasteiger partial charge >= 0.3 is 0 Å². The van der Waals surface area contributed by atoms with Crippen molar-refractivity contribution in [3.63, 3.8) is 0 Å². The molecule has 1 aromatic heterocycles. The summed E-state index contributed by atoms with van der Waals surface area (Å²) in [4.78, 5) is 27.3. The predicted octanol–water partition coefficient (Wildman–Crippen LogP) is 3.35. The lowest BCUT2D eigenvalue weighted by atomic mass is 10.0. The van der Waals surface area contributed by atoms with Gasteiger partial charge in [-0.05, 0) is 50.9 Å². The van der Waals surface area contributed by atoms with Crippen LogP contribution in [0.2, 0.25) is 0 Å². The molecule has 2 N–H and O–H groups in total. The van der Waals surface area contributed by atoms with Gasteiger partial charge in [0, 0.05) is 36.8 Å². The predicted molar refractivity (Wildman–Crippen MR) is 116 cm³/mol. The molecule has 2 heterocycles. The van der Waals surface area contributed by atoms with E-state index in [0.29, 0.717) is 28.8 Å². The van der Waals surface area contributed by atoms with Crippen molar-refractivity contribution in [1.82, 2.24) is 20.4 Å². The van der Waals surface area contributed by atoms with Gasteiger partial charge in [-0.15, -0.1) is 10.2 Å². The topological polar surface area (TPSA) is 87.2 Å². The van der Waals surface area contributed by atoms with Gasteiger partial charge in [-0.2, -0.15) is 0 Å². The van der Waals surface area contributed by atoms with Crippen LogP contribution in [0.5, 0.6) is 0 Å². The molecule has 1 saturated heterocycles. The maximum absolute atomic E-state index is 12.5. The monoisotopic (exact) mass is 415 g/mol. The van der Waals surface area contributed by atoms with Crippen molar-refractivity contribution in [1.29, 1.82) is 0 Å². The minimum Gasteiger partial charge on any atom is -0.351 e. The molecule has 7 nitrogen and oxygen atoms in total. The average molecular weight is 416 g/mol. The molecule has 156 valence electrons. The Balaban J connectivity index is 1.52. The van der Waals surface area contributed by atoms with Gasteiger partial charge in [-0.25, -0.2) is 0 Å². The summed E-state index contributed by atoms with van der Waals surface area (Å²) in [5, 5.41) is 15.0. The second kappa shape index (κ2) is 10.5. The Morgan fingerprint density at radius 3 is 2.90 bits per heavy atom. The van der Waals surface area contributed by atoms with Crippen LogP contribution in [0, 0.1) is 0 Å². The summed E-state index contributed by atoms with van der Waals surface area (Å²) in [7, 11) is 0. The fourth-order valence-corrected chi connectivity index (χ4v) is 4.32. The van der Waals surface area contributed by atoms with Crippen LogP contribution in [0.3, 0.4) is 0 Å². The molecule has 0 bridgehead atoms. The lowest BCUT2D eigenvalue weighted by Gasteiger charge is -2.33. The van der Waals surface area contributed by atoms with Crippen molar-refractivity contribution in [2.45, 2.75) is 52.0 Å². The molecule has 8 heteroatoms. The standard InChI is InChI=1S/C21H29N5O2S/c1-3-7-18-24-25-21(29-18)20(28)23-17-10-6-9-16(14-17)19(27)22-11-13-26-12-5-4-8-15(26)2/h6,9-10,14-15H,3-5,7-8,11-13H2,1-2H3,(H,22,27)(H,23,28)/t15-/m0/s1. The van der Waals surface area contributed by atoms with Crippen LogP contribution in [0.15, 0.2) is 24.3 Å². The Kier molecular flexibility index (Phi) is 7.71. The minimum absolute atomic E-state index is 0.132. The first-order valence-corrected chi connectivity index (χ1v) is 11.1. The number of aryl methyl sites for hydroxylation is 1. The zero-order chi connectivity index (χ0) is 20.6. The van der Waals surface area contributed by atoms with Gasteiger partial charge in [0.2, 0.25) is 5.01 Å². The molecule has 1 atom stereocenters. The van der Waals surface area contributed by atoms with Gasteiger partial charge < -0.3 is 10.6 Å². The number of benzene rings is 1. The summed E-state index contributed by atoms with van der Waals surface area (Å²) in [5.74, 6) is -0.437. The highest BCUT2D eigenvalue weighted by atomic mass is 32.1. The normalized spacial score (nSPS) is 17.1. The third-order valence-corrected chi connectivity index (χ3v) is 6.11. The van der Waals surface area contributed by atoms with Gasteiger partial charge in [0.1, 0.15) is 5.01 Å². The molecule has 1 fully saturated rings. The molecular formula is C21H29N5O2S. The molecule has 29 heavy (non-hydrogen) atoms. The number of nitrogens with one attached hydrogen (secondary N) is 2. The number of anilines is 1. The highest BCUT2D eigenvalue weighted by Gasteiger charge is 2.18. The third-order valence-electron chi connectivity index (χ3n) is 5.13. The molecule has 1 aliphatic heterocycles. The Bertz CT molecular complexity index is 838. The fraction of sp³-hybridized carbons (Fsp3) is 0.524. The van der Waals surface area contributed by atoms with E-state index in [-0.39, 0.29) is 11.8 Å². The number of hydrogen-bond donors (Lipinski definition) is 2. The second-order valence-corrected chi connectivity index (χ2v) is 8.48. The second-order valence-electron chi connectivity index (χ2n) is 7.42. The Hall–Kier alpha value is -2.32. The summed E-state index contributed by atoms with van der Waals surface area (Å²) >= 11 is 1.30. The van der Waals surface area contributed by atoms with Gasteiger partial charge in [0.05, 0.1) is 0 Å². The molecular weight excluding hydrogens is 386 g/mol. The van der Waals surface area contributed by atoms with Crippen molar-refractivity contribution in [3.05, 3.63) is 39.8 Å². The molecule has 1 aliphatic rings. The number of aromatic nitrogens is 2. The highest BCUT2D eigenvalue weighted by Crippen LogP contribution is 2.17. The van der Waals surface area contributed by atoms with Crippen LogP contribution in [0.4, 0.5) is 5.69 Å². The molecule has 3 rings (SSSR count). The largest absolute Gasteiger partial charge is 0.351 e. The van der Waals surface area contributed by atoms with E-state index in [1.165, 1.54) is 30.6 Å². The van der Waals surface area contributed by atoms with E-state index in [1.807, 2.05) is 0 Å². The number of hydrogen-bond acceptors (Lipinski definition) is 6. The van der Waals surface area contributed by atoms with Crippen molar-refractivity contribution in [2.75, 3.05) is 25.0 Å². The Morgan fingerprint density at radius 2 is 2.10 bits per heavy atom. The number of piperidine rings is 1. The van der Waals surface area contributed by atoms with E-state index in [0.717, 1.165) is 30.9 Å². The maximum atomic E-state index is 12.5. The highest BCUT2D eigenvalue weighted by molar-refractivity contribution is 7.13. The van der Waals surface area contributed by atoms with Crippen molar-refractivity contribution >= 4 is 28.8 Å². The molecule has 0 aliphatic carbocycles. The minimum atomic E-state index is -0.304. The van der Waals surface area contributed by atoms with Crippen LogP contribution in [-0.4, -0.2) is 52.6 Å². The molecule has 2 amide bonds. The zero-order valence-corrected chi connectivity index (χ0v) is 17.9. The van der Waals surface area contributed by atoms with Gasteiger partial charge in [-0.1, -0.05) is 30.7 Å². The SMILES string of the molecule is CCCc1nnc(C(=O)Nc2cccc(C(=O)NCCN3CCCC[C@@H]3C)c2)s1. The molecule has 0 spiro atoms. The van der Waals surface area contributed by atoms with Crippen LogP contribution in [0.1, 0.15) is 64.7 Å². The molecule has 1 aromatic carbocycles. The molecule has 0 saturated carbocycles. The van der Waals surface area contributed by atoms with Gasteiger partial charge in [-0.3, -0.25) is 14.5 Å². The van der Waals surface area contributed by atoms with E-state index < -0.39 is 0 Å². The number of amides is 2. The first kappa shape index (κ1) is 21.4. The lowest BCUT2D eigenvalue weighted by Crippen LogP contribution is -2.42. The summed E-state index contributed by atoms with van der Waals surface area (Å²) in [6.45, 7) is 6.89. The van der Waals surface area contributed by atoms with Gasteiger partial charge in [0.25, 0.3) is 11.8 Å². The van der Waals surface area contributed by atoms with E-state index >= 15 is 0 Å². The van der Waals surface area contributed by atoms with Crippen molar-refractivity contribution in [3.8, 4) is 0 Å². The molecule has 0 unspecified atom stereocenters. The molecule has 0 radical (unpaired) electrons. The number of rotatable bonds is 8. The Labute approximate surface area is 175 Å². The van der Waals surface area contributed by atoms with Gasteiger partial charge in [0.15, 0.2) is 0 Å². The van der Waals surface area contributed by atoms with E-state index in [9.17, 15) is 9.59 Å². The number of carbonyl (C=O) groups excluding carboxylic acids is 2. The first-order chi connectivity index (χ1) is 14.1. The van der Waals surface area contributed by atoms with E-state index in [2.05, 4.69) is 39.6 Å².